The fourth-order valence-electron chi connectivity index (χ4n) is 2.88. The third-order valence-electron chi connectivity index (χ3n) is 4.00. The Labute approximate surface area is 155 Å². The van der Waals surface area contributed by atoms with E-state index in [1.165, 1.54) is 12.1 Å². The van der Waals surface area contributed by atoms with Crippen LogP contribution < -0.4 is 4.74 Å². The zero-order chi connectivity index (χ0) is 17.8. The van der Waals surface area contributed by atoms with Gasteiger partial charge in [0.05, 0.1) is 11.1 Å². The molecule has 0 saturated heterocycles. The number of benzene rings is 2. The van der Waals surface area contributed by atoms with Gasteiger partial charge in [-0.25, -0.2) is 4.39 Å². The number of aromatic nitrogens is 1. The highest BCUT2D eigenvalue weighted by molar-refractivity contribution is 9.10. The highest BCUT2D eigenvalue weighted by atomic mass is 79.9. The maximum absolute atomic E-state index is 13.1. The SMILES string of the molecule is C=CCc1cc(Br)c(OCC)c2ncc(Cc3ccc(F)cc3)cc12. The van der Waals surface area contributed by atoms with Crippen LogP contribution in [0.1, 0.15) is 23.6 Å². The lowest BCUT2D eigenvalue weighted by Crippen LogP contribution is -1.99. The van der Waals surface area contributed by atoms with Crippen molar-refractivity contribution < 1.29 is 9.13 Å². The lowest BCUT2D eigenvalue weighted by atomic mass is 10.0. The Kier molecular flexibility index (Phi) is 5.49. The van der Waals surface area contributed by atoms with Crippen LogP contribution in [0.25, 0.3) is 10.9 Å². The molecule has 0 amide bonds. The van der Waals surface area contributed by atoms with Crippen molar-refractivity contribution in [2.24, 2.45) is 0 Å². The highest BCUT2D eigenvalue weighted by Crippen LogP contribution is 2.36. The summed E-state index contributed by atoms with van der Waals surface area (Å²) in [6, 6.07) is 10.8. The van der Waals surface area contributed by atoms with Gasteiger partial charge >= 0.3 is 0 Å². The molecule has 0 aliphatic carbocycles. The lowest BCUT2D eigenvalue weighted by molar-refractivity contribution is 0.341. The molecule has 0 atom stereocenters. The van der Waals surface area contributed by atoms with Crippen molar-refractivity contribution >= 4 is 26.8 Å². The Balaban J connectivity index is 2.07. The van der Waals surface area contributed by atoms with E-state index in [-0.39, 0.29) is 5.82 Å². The molecule has 0 spiro atoms. The van der Waals surface area contributed by atoms with Gasteiger partial charge in [-0.1, -0.05) is 18.2 Å². The lowest BCUT2D eigenvalue weighted by Gasteiger charge is -2.14. The fraction of sp³-hybridized carbons (Fsp3) is 0.190. The number of nitrogens with zero attached hydrogens (tertiary/aromatic N) is 1. The van der Waals surface area contributed by atoms with Gasteiger partial charge in [0.25, 0.3) is 0 Å². The highest BCUT2D eigenvalue weighted by Gasteiger charge is 2.13. The zero-order valence-electron chi connectivity index (χ0n) is 14.1. The average Bonchev–Trinajstić information content (AvgIpc) is 2.61. The summed E-state index contributed by atoms with van der Waals surface area (Å²) in [6.07, 6.45) is 5.20. The Morgan fingerprint density at radius 3 is 2.64 bits per heavy atom. The first-order chi connectivity index (χ1) is 12.1. The number of hydrogen-bond donors (Lipinski definition) is 0. The summed E-state index contributed by atoms with van der Waals surface area (Å²) >= 11 is 3.58. The summed E-state index contributed by atoms with van der Waals surface area (Å²) < 4.78 is 19.8. The van der Waals surface area contributed by atoms with E-state index in [0.29, 0.717) is 13.0 Å². The summed E-state index contributed by atoms with van der Waals surface area (Å²) in [5.41, 5.74) is 4.12. The van der Waals surface area contributed by atoms with Crippen LogP contribution in [0.5, 0.6) is 5.75 Å². The molecule has 3 rings (SSSR count). The van der Waals surface area contributed by atoms with E-state index in [1.54, 1.807) is 12.1 Å². The molecule has 0 bridgehead atoms. The quantitative estimate of drug-likeness (QED) is 0.484. The maximum atomic E-state index is 13.1. The van der Waals surface area contributed by atoms with Crippen LogP contribution in [0.15, 0.2) is 59.7 Å². The van der Waals surface area contributed by atoms with Gasteiger partial charge in [-0.05, 0) is 76.7 Å². The second-order valence-corrected chi connectivity index (χ2v) is 6.67. The van der Waals surface area contributed by atoms with Crippen LogP contribution in [-0.4, -0.2) is 11.6 Å². The van der Waals surface area contributed by atoms with Crippen LogP contribution in [-0.2, 0) is 12.8 Å². The average molecular weight is 400 g/mol. The zero-order valence-corrected chi connectivity index (χ0v) is 15.6. The minimum absolute atomic E-state index is 0.222. The number of rotatable bonds is 6. The van der Waals surface area contributed by atoms with Gasteiger partial charge in [0.1, 0.15) is 11.3 Å². The van der Waals surface area contributed by atoms with Gasteiger partial charge in [-0.3, -0.25) is 4.98 Å². The molecule has 4 heteroatoms. The molecule has 0 N–H and O–H groups in total. The van der Waals surface area contributed by atoms with Crippen LogP contribution in [0.3, 0.4) is 0 Å². The topological polar surface area (TPSA) is 22.1 Å². The van der Waals surface area contributed by atoms with E-state index in [9.17, 15) is 4.39 Å². The number of hydrogen-bond acceptors (Lipinski definition) is 2. The van der Waals surface area contributed by atoms with E-state index in [0.717, 1.165) is 44.2 Å². The smallest absolute Gasteiger partial charge is 0.159 e. The van der Waals surface area contributed by atoms with E-state index in [1.807, 2.05) is 19.2 Å². The molecule has 0 fully saturated rings. The molecule has 1 aromatic heterocycles. The van der Waals surface area contributed by atoms with E-state index < -0.39 is 0 Å². The van der Waals surface area contributed by atoms with Gasteiger partial charge in [0.2, 0.25) is 0 Å². The molecule has 0 radical (unpaired) electrons. The molecular weight excluding hydrogens is 381 g/mol. The number of allylic oxidation sites excluding steroid dienone is 1. The van der Waals surface area contributed by atoms with Crippen LogP contribution >= 0.6 is 15.9 Å². The van der Waals surface area contributed by atoms with Crippen LogP contribution in [0.4, 0.5) is 4.39 Å². The number of pyridine rings is 1. The summed E-state index contributed by atoms with van der Waals surface area (Å²) in [7, 11) is 0. The van der Waals surface area contributed by atoms with Gasteiger partial charge in [0, 0.05) is 11.6 Å². The van der Waals surface area contributed by atoms with E-state index >= 15 is 0 Å². The van der Waals surface area contributed by atoms with Crippen molar-refractivity contribution in [3.8, 4) is 5.75 Å². The monoisotopic (exact) mass is 399 g/mol. The first kappa shape index (κ1) is 17.6. The molecule has 3 aromatic rings. The Hall–Kier alpha value is -2.20. The van der Waals surface area contributed by atoms with Gasteiger partial charge in [0.15, 0.2) is 5.75 Å². The van der Waals surface area contributed by atoms with Crippen LogP contribution in [0, 0.1) is 5.82 Å². The third-order valence-corrected chi connectivity index (χ3v) is 4.59. The largest absolute Gasteiger partial charge is 0.490 e. The van der Waals surface area contributed by atoms with Crippen molar-refractivity contribution in [2.75, 3.05) is 6.61 Å². The number of fused-ring (bicyclic) bond motifs is 1. The molecule has 128 valence electrons. The standard InChI is InChI=1S/C21H19BrFNO/c1-3-5-16-12-19(22)21(25-4-2)20-18(16)11-15(13-24-20)10-14-6-8-17(23)9-7-14/h3,6-9,11-13H,1,4-5,10H2,2H3. The molecule has 0 unspecified atom stereocenters. The van der Waals surface area contributed by atoms with Crippen molar-refractivity contribution in [3.63, 3.8) is 0 Å². The summed E-state index contributed by atoms with van der Waals surface area (Å²) in [5, 5.41) is 1.06. The van der Waals surface area contributed by atoms with Crippen molar-refractivity contribution in [1.29, 1.82) is 0 Å². The molecule has 0 aliphatic heterocycles. The third kappa shape index (κ3) is 3.90. The minimum atomic E-state index is -0.222. The Morgan fingerprint density at radius 2 is 1.96 bits per heavy atom. The predicted octanol–water partition coefficient (Wildman–Crippen LogP) is 5.85. The van der Waals surface area contributed by atoms with Gasteiger partial charge in [-0.2, -0.15) is 0 Å². The van der Waals surface area contributed by atoms with E-state index in [2.05, 4.69) is 39.6 Å². The predicted molar refractivity (Wildman–Crippen MR) is 104 cm³/mol. The first-order valence-electron chi connectivity index (χ1n) is 8.20. The molecule has 0 aliphatic rings. The molecule has 2 aromatic carbocycles. The Morgan fingerprint density at radius 1 is 1.20 bits per heavy atom. The fourth-order valence-corrected chi connectivity index (χ4v) is 3.46. The van der Waals surface area contributed by atoms with Gasteiger partial charge < -0.3 is 4.74 Å². The van der Waals surface area contributed by atoms with Crippen LogP contribution in [0.2, 0.25) is 0 Å². The number of halogens is 2. The second-order valence-electron chi connectivity index (χ2n) is 5.82. The summed E-state index contributed by atoms with van der Waals surface area (Å²) in [6.45, 7) is 6.38. The van der Waals surface area contributed by atoms with Crippen molar-refractivity contribution in [1.82, 2.24) is 4.98 Å². The van der Waals surface area contributed by atoms with Gasteiger partial charge in [-0.15, -0.1) is 6.58 Å². The molecule has 1 heterocycles. The number of ether oxygens (including phenoxy) is 1. The maximum Gasteiger partial charge on any atom is 0.159 e. The van der Waals surface area contributed by atoms with Crippen molar-refractivity contribution in [2.45, 2.75) is 19.8 Å². The molecule has 0 saturated carbocycles. The summed E-state index contributed by atoms with van der Waals surface area (Å²) in [5.74, 6) is 0.540. The molecule has 2 nitrogen and oxygen atoms in total. The summed E-state index contributed by atoms with van der Waals surface area (Å²) in [4.78, 5) is 4.65. The Bertz CT molecular complexity index is 906. The normalized spacial score (nSPS) is 10.8. The second kappa shape index (κ2) is 7.79. The molecule has 25 heavy (non-hydrogen) atoms. The van der Waals surface area contributed by atoms with E-state index in [4.69, 9.17) is 4.74 Å². The molecular formula is C21H19BrFNO. The van der Waals surface area contributed by atoms with Crippen molar-refractivity contribution in [3.05, 3.63) is 82.2 Å². The minimum Gasteiger partial charge on any atom is -0.490 e. The first-order valence-corrected chi connectivity index (χ1v) is 8.99.